The van der Waals surface area contributed by atoms with Gasteiger partial charge in [0, 0.05) is 14.0 Å². The topological polar surface area (TPSA) is 23.3 Å². The van der Waals surface area contributed by atoms with Gasteiger partial charge in [-0.3, -0.25) is 0 Å². The summed E-state index contributed by atoms with van der Waals surface area (Å²) in [5, 5.41) is 4.09. The monoisotopic (exact) mass is 379 g/mol. The summed E-state index contributed by atoms with van der Waals surface area (Å²) >= 11 is 0. The Hall–Kier alpha value is -1.21. The molecule has 0 fully saturated rings. The van der Waals surface area contributed by atoms with Crippen molar-refractivity contribution in [1.82, 2.24) is 0 Å². The van der Waals surface area contributed by atoms with Crippen LogP contribution in [0.4, 0.5) is 5.69 Å². The first-order valence-corrected chi connectivity index (χ1v) is 5.86. The normalized spacial score (nSPS) is 14.8. The quantitative estimate of drug-likeness (QED) is 0.568. The van der Waals surface area contributed by atoms with Crippen molar-refractivity contribution in [3.05, 3.63) is 81.2 Å². The molecule has 3 heteroatoms. The maximum Gasteiger partial charge on any atom is 4.00 e. The fraction of sp³-hybridized carbons (Fsp3) is 0.211. The minimum Gasteiger partial charge on any atom is -0.677 e. The van der Waals surface area contributed by atoms with Gasteiger partial charge in [0.15, 0.2) is 0 Å². The molecule has 0 aromatic heterocycles. The average molecular weight is 381 g/mol. The van der Waals surface area contributed by atoms with Gasteiger partial charge in [0.1, 0.15) is 0 Å². The van der Waals surface area contributed by atoms with Crippen molar-refractivity contribution < 1.29 is 39.2 Å². The van der Waals surface area contributed by atoms with Crippen LogP contribution in [0.2, 0.25) is 0 Å². The molecule has 2 aromatic carbocycles. The van der Waals surface area contributed by atoms with Crippen LogP contribution in [0.25, 0.3) is 5.32 Å². The van der Waals surface area contributed by atoms with Crippen molar-refractivity contribution in [2.45, 2.75) is 26.2 Å². The van der Waals surface area contributed by atoms with E-state index < -0.39 is 19.2 Å². The van der Waals surface area contributed by atoms with E-state index in [9.17, 15) is 0 Å². The summed E-state index contributed by atoms with van der Waals surface area (Å²) in [6.45, 7) is -0.646. The van der Waals surface area contributed by atoms with Crippen LogP contribution in [-0.2, 0) is 26.2 Å². The molecule has 0 aliphatic rings. The van der Waals surface area contributed by atoms with Crippen LogP contribution in [0, 0.1) is 21.8 Å². The van der Waals surface area contributed by atoms with Crippen LogP contribution in [0.3, 0.4) is 0 Å². The van der Waals surface area contributed by atoms with E-state index in [-0.39, 0.29) is 52.5 Å². The Morgan fingerprint density at radius 3 is 2.14 bits per heavy atom. The third kappa shape index (κ3) is 6.70. The van der Waals surface area contributed by atoms with Crippen LogP contribution >= 0.6 is 0 Å². The standard InChI is InChI=1S/C17H19NO.2CH3.Zr/c1-13-9-5-7-11-15(13)19-16-12-8-6-10-14(16)18-17(2,3)4;;;/h5-12H,1H2,2-4H3;2*1H3;/q-2;2*-1;+4/i2D3,3D3;;;. The van der Waals surface area contributed by atoms with E-state index in [1.54, 1.807) is 36.4 Å². The van der Waals surface area contributed by atoms with Crippen molar-refractivity contribution in [2.24, 2.45) is 0 Å². The molecule has 0 radical (unpaired) electrons. The third-order valence-corrected chi connectivity index (χ3v) is 2.40. The predicted octanol–water partition coefficient (Wildman–Crippen LogP) is 6.36. The Morgan fingerprint density at radius 2 is 1.55 bits per heavy atom. The Labute approximate surface area is 163 Å². The molecule has 0 atom stereocenters. The number of nitrogens with zero attached hydrogens (tertiary/aromatic N) is 1. The third-order valence-electron chi connectivity index (χ3n) is 2.40. The maximum atomic E-state index is 7.65. The first-order valence-electron chi connectivity index (χ1n) is 8.86. The molecule has 0 heterocycles. The second kappa shape index (κ2) is 9.74. The molecule has 0 N–H and O–H groups in total. The van der Waals surface area contributed by atoms with E-state index in [2.05, 4.69) is 12.2 Å². The Kier molecular flexibility index (Phi) is 5.87. The van der Waals surface area contributed by atoms with Gasteiger partial charge in [-0.25, -0.2) is 0 Å². The summed E-state index contributed by atoms with van der Waals surface area (Å²) in [6, 6.07) is 13.5. The number of hydrogen-bond acceptors (Lipinski definition) is 1. The zero-order valence-corrected chi connectivity index (χ0v) is 15.6. The van der Waals surface area contributed by atoms with Gasteiger partial charge >= 0.3 is 26.2 Å². The zero-order chi connectivity index (χ0) is 18.9. The second-order valence-electron chi connectivity index (χ2n) is 4.36. The molecule has 2 nitrogen and oxygen atoms in total. The van der Waals surface area contributed by atoms with E-state index in [0.29, 0.717) is 11.3 Å². The van der Waals surface area contributed by atoms with Gasteiger partial charge in [-0.05, 0) is 6.07 Å². The maximum absolute atomic E-state index is 7.65. The summed E-state index contributed by atoms with van der Waals surface area (Å²) < 4.78 is 51.7. The molecule has 0 unspecified atom stereocenters. The molecule has 0 aliphatic carbocycles. The molecule has 0 bridgehead atoms. The summed E-state index contributed by atoms with van der Waals surface area (Å²) in [7, 11) is 0. The van der Waals surface area contributed by atoms with Crippen molar-refractivity contribution in [3.8, 4) is 11.5 Å². The minimum absolute atomic E-state index is 0. The summed E-state index contributed by atoms with van der Waals surface area (Å²) in [4.78, 5) is 0. The number of rotatable bonds is 3. The molecule has 0 amide bonds. The number of para-hydroxylation sites is 3. The van der Waals surface area contributed by atoms with Crippen molar-refractivity contribution in [1.29, 1.82) is 0 Å². The fourth-order valence-corrected chi connectivity index (χ4v) is 1.60. The molecule has 0 saturated carbocycles. The van der Waals surface area contributed by atoms with E-state index in [0.717, 1.165) is 6.92 Å². The van der Waals surface area contributed by atoms with E-state index in [4.69, 9.17) is 13.0 Å². The second-order valence-corrected chi connectivity index (χ2v) is 4.36. The van der Waals surface area contributed by atoms with Gasteiger partial charge in [-0.1, -0.05) is 56.6 Å². The molecule has 0 aliphatic heterocycles. The molecule has 0 saturated heterocycles. The van der Waals surface area contributed by atoms with Crippen LogP contribution < -0.4 is 4.74 Å². The molecule has 116 valence electrons. The van der Waals surface area contributed by atoms with E-state index in [1.165, 1.54) is 6.07 Å². The van der Waals surface area contributed by atoms with Gasteiger partial charge in [0.25, 0.3) is 0 Å². The van der Waals surface area contributed by atoms with Gasteiger partial charge in [0.05, 0.1) is 5.75 Å². The largest absolute Gasteiger partial charge is 4.00 e. The number of benzene rings is 2. The molecule has 22 heavy (non-hydrogen) atoms. The first-order chi connectivity index (χ1) is 11.5. The fourth-order valence-electron chi connectivity index (χ4n) is 1.60. The van der Waals surface area contributed by atoms with Crippen LogP contribution in [0.1, 0.15) is 34.4 Å². The van der Waals surface area contributed by atoms with Crippen molar-refractivity contribution in [3.63, 3.8) is 0 Å². The predicted molar refractivity (Wildman–Crippen MR) is 93.0 cm³/mol. The molecule has 2 rings (SSSR count). The van der Waals surface area contributed by atoms with Crippen molar-refractivity contribution in [2.75, 3.05) is 0 Å². The van der Waals surface area contributed by atoms with Gasteiger partial charge in [0.2, 0.25) is 0 Å². The van der Waals surface area contributed by atoms with Crippen LogP contribution in [0.5, 0.6) is 11.5 Å². The molecule has 0 spiro atoms. The van der Waals surface area contributed by atoms with Gasteiger partial charge in [-0.2, -0.15) is 18.6 Å². The summed E-state index contributed by atoms with van der Waals surface area (Å²) in [5.74, 6) is 0.743. The van der Waals surface area contributed by atoms with Crippen LogP contribution in [0.15, 0.2) is 48.5 Å². The van der Waals surface area contributed by atoms with E-state index >= 15 is 0 Å². The van der Waals surface area contributed by atoms with Crippen LogP contribution in [-0.4, -0.2) is 5.54 Å². The van der Waals surface area contributed by atoms with Crippen molar-refractivity contribution >= 4 is 5.69 Å². The average Bonchev–Trinajstić information content (AvgIpc) is 2.49. The number of ether oxygens (including phenoxy) is 1. The molecular weight excluding hydrogens is 349 g/mol. The SMILES string of the molecule is [2H]C([2H])([2H])C(C)([N-]c1ccccc1Oc1ccccc1[CH2-])C([2H])([2H])[2H].[CH3-].[CH3-].[Zr+4]. The van der Waals surface area contributed by atoms with Gasteiger partial charge in [-0.15, -0.1) is 11.6 Å². The first kappa shape index (κ1) is 13.3. The number of hydrogen-bond donors (Lipinski definition) is 0. The minimum atomic E-state index is -2.81. The summed E-state index contributed by atoms with van der Waals surface area (Å²) in [6.07, 6.45) is 0. The Morgan fingerprint density at radius 1 is 1.00 bits per heavy atom. The Bertz CT molecular complexity index is 732. The van der Waals surface area contributed by atoms with E-state index in [1.807, 2.05) is 6.07 Å². The zero-order valence-electron chi connectivity index (χ0n) is 19.2. The smallest absolute Gasteiger partial charge is 0.677 e. The summed E-state index contributed by atoms with van der Waals surface area (Å²) in [5.41, 5.74) is -1.46. The Balaban J connectivity index is 0. The molecular formula is C19H25NOZr. The molecule has 2 aromatic rings. The van der Waals surface area contributed by atoms with Gasteiger partial charge < -0.3 is 24.9 Å².